The van der Waals surface area contributed by atoms with Gasteiger partial charge in [0.05, 0.1) is 5.69 Å². The Balaban J connectivity index is 0.000000574. The topological polar surface area (TPSA) is 121 Å². The van der Waals surface area contributed by atoms with Gasteiger partial charge in [-0.3, -0.25) is 5.10 Å². The smallest absolute Gasteiger partial charge is 0.230 e. The van der Waals surface area contributed by atoms with Crippen LogP contribution in [-0.4, -0.2) is 30.3 Å². The van der Waals surface area contributed by atoms with Crippen LogP contribution in [0, 0.1) is 0 Å². The molecule has 0 saturated carbocycles. The fourth-order valence-corrected chi connectivity index (χ4v) is 2.21. The summed E-state index contributed by atoms with van der Waals surface area (Å²) in [7, 11) is -3.37. The molecule has 5 N–H and O–H groups in total. The summed E-state index contributed by atoms with van der Waals surface area (Å²) in [6, 6.07) is 8.98. The van der Waals surface area contributed by atoms with Crippen LogP contribution in [0.1, 0.15) is 34.1 Å². The van der Waals surface area contributed by atoms with E-state index >= 15 is 0 Å². The van der Waals surface area contributed by atoms with Gasteiger partial charge in [-0.1, -0.05) is 51.1 Å². The number of hydrogen-bond acceptors (Lipinski definition) is 5. The van der Waals surface area contributed by atoms with Gasteiger partial charge < -0.3 is 10.4 Å². The minimum atomic E-state index is -3.37. The van der Waals surface area contributed by atoms with Gasteiger partial charge in [0.15, 0.2) is 0 Å². The molecular weight excluding hydrogens is 364 g/mol. The van der Waals surface area contributed by atoms with Gasteiger partial charge in [-0.05, 0) is 25.5 Å². The molecule has 0 radical (unpaired) electrons. The Morgan fingerprint density at radius 3 is 2.48 bits per heavy atom. The molecule has 0 unspecified atom stereocenters. The predicted molar refractivity (Wildman–Crippen MR) is 113 cm³/mol. The number of rotatable bonds is 6. The Morgan fingerprint density at radius 1 is 1.26 bits per heavy atom. The first-order chi connectivity index (χ1) is 12.9. The zero-order valence-corrected chi connectivity index (χ0v) is 17.1. The molecule has 0 atom stereocenters. The second kappa shape index (κ2) is 13.6. The number of aromatic nitrogens is 2. The third-order valence-electron chi connectivity index (χ3n) is 2.89. The van der Waals surface area contributed by atoms with Crippen molar-refractivity contribution in [3.05, 3.63) is 54.0 Å². The summed E-state index contributed by atoms with van der Waals surface area (Å²) in [5, 5.41) is 25.2. The Labute approximate surface area is 162 Å². The normalized spacial score (nSPS) is 10.9. The fourth-order valence-electron chi connectivity index (χ4n) is 1.75. The Kier molecular flexibility index (Phi) is 12.3. The number of sulfonamides is 1. The van der Waals surface area contributed by atoms with Crippen molar-refractivity contribution in [2.75, 3.05) is 11.9 Å². The van der Waals surface area contributed by atoms with Crippen LogP contribution in [0.15, 0.2) is 54.0 Å². The Hall–Kier alpha value is -2.58. The average molecular weight is 395 g/mol. The number of anilines is 1. The predicted octanol–water partition coefficient (Wildman–Crippen LogP) is 4.00. The monoisotopic (exact) mass is 394 g/mol. The molecule has 2 aromatic rings. The molecule has 27 heavy (non-hydrogen) atoms. The first-order valence-electron chi connectivity index (χ1n) is 8.75. The van der Waals surface area contributed by atoms with E-state index in [4.69, 9.17) is 0 Å². The number of nitrogens with two attached hydrogens (primary N) is 1. The quantitative estimate of drug-likeness (QED) is 0.552. The number of nitrogens with one attached hydrogen (secondary N) is 2. The van der Waals surface area contributed by atoms with E-state index in [0.29, 0.717) is 6.42 Å². The van der Waals surface area contributed by atoms with Crippen LogP contribution in [0.2, 0.25) is 0 Å². The minimum absolute atomic E-state index is 0.250. The van der Waals surface area contributed by atoms with E-state index in [-0.39, 0.29) is 5.75 Å². The number of primary sulfonamides is 1. The number of allylic oxidation sites excluding steroid dienone is 2. The Morgan fingerprint density at radius 2 is 1.96 bits per heavy atom. The van der Waals surface area contributed by atoms with Crippen LogP contribution in [0.5, 0.6) is 5.75 Å². The molecule has 0 aliphatic rings. The van der Waals surface area contributed by atoms with Crippen molar-refractivity contribution in [1.82, 2.24) is 10.2 Å². The molecule has 0 aliphatic heterocycles. The molecule has 0 spiro atoms. The van der Waals surface area contributed by atoms with Crippen molar-refractivity contribution >= 4 is 15.8 Å². The van der Waals surface area contributed by atoms with Gasteiger partial charge in [-0.2, -0.15) is 5.10 Å². The van der Waals surface area contributed by atoms with Crippen LogP contribution in [0.3, 0.4) is 0 Å². The van der Waals surface area contributed by atoms with Crippen molar-refractivity contribution in [2.45, 2.75) is 34.1 Å². The number of nitrogens with zero attached hydrogens (tertiary/aromatic N) is 1. The van der Waals surface area contributed by atoms with Crippen molar-refractivity contribution < 1.29 is 13.5 Å². The van der Waals surface area contributed by atoms with Gasteiger partial charge in [0.2, 0.25) is 10.0 Å². The molecule has 0 amide bonds. The summed E-state index contributed by atoms with van der Waals surface area (Å²) in [6.45, 7) is 8.56. The number of H-pyrrole nitrogens is 1. The second-order valence-electron chi connectivity index (χ2n) is 5.04. The van der Waals surface area contributed by atoms with Crippen LogP contribution in [-0.2, 0) is 10.0 Å². The van der Waals surface area contributed by atoms with Gasteiger partial charge in [0.25, 0.3) is 0 Å². The van der Waals surface area contributed by atoms with E-state index in [9.17, 15) is 13.5 Å². The van der Waals surface area contributed by atoms with Crippen LogP contribution in [0.25, 0.3) is 11.3 Å². The first kappa shape index (κ1) is 24.4. The molecule has 0 bridgehead atoms. The molecule has 0 fully saturated rings. The summed E-state index contributed by atoms with van der Waals surface area (Å²) in [6.07, 6.45) is 6.18. The molecule has 1 aromatic heterocycles. The van der Waals surface area contributed by atoms with E-state index in [1.165, 1.54) is 6.08 Å². The van der Waals surface area contributed by atoms with Crippen LogP contribution >= 0.6 is 0 Å². The molecule has 1 aromatic carbocycles. The summed E-state index contributed by atoms with van der Waals surface area (Å²) in [5.41, 5.74) is 1.79. The number of aromatic hydroxyl groups is 1. The van der Waals surface area contributed by atoms with Gasteiger partial charge in [-0.25, -0.2) is 13.6 Å². The van der Waals surface area contributed by atoms with Gasteiger partial charge >= 0.3 is 0 Å². The van der Waals surface area contributed by atoms with Gasteiger partial charge in [0, 0.05) is 23.6 Å². The van der Waals surface area contributed by atoms with E-state index < -0.39 is 10.0 Å². The Bertz CT molecular complexity index is 812. The van der Waals surface area contributed by atoms with E-state index in [1.54, 1.807) is 18.2 Å². The highest BCUT2D eigenvalue weighted by Crippen LogP contribution is 2.22. The highest BCUT2D eigenvalue weighted by Gasteiger charge is 2.03. The highest BCUT2D eigenvalue weighted by molar-refractivity contribution is 7.92. The van der Waals surface area contributed by atoms with Crippen LogP contribution < -0.4 is 10.5 Å². The molecule has 150 valence electrons. The maximum atomic E-state index is 10.1. The van der Waals surface area contributed by atoms with Gasteiger partial charge in [0.1, 0.15) is 11.6 Å². The molecule has 0 aliphatic carbocycles. The van der Waals surface area contributed by atoms with Crippen LogP contribution in [0.4, 0.5) is 5.82 Å². The van der Waals surface area contributed by atoms with E-state index in [0.717, 1.165) is 29.0 Å². The number of hydrogen-bond donors (Lipinski definition) is 4. The molecule has 0 saturated heterocycles. The lowest BCUT2D eigenvalue weighted by Gasteiger charge is -1.97. The van der Waals surface area contributed by atoms with Crippen molar-refractivity contribution in [3.8, 4) is 17.0 Å². The lowest BCUT2D eigenvalue weighted by Crippen LogP contribution is -2.06. The lowest BCUT2D eigenvalue weighted by molar-refractivity contribution is 0.475. The molecule has 2 rings (SSSR count). The standard InChI is InChI=1S/C13H15N3O.C4H9NO2S.C2H6/c1-2-3-7-14-13-9-12(15-16-13)10-5-4-6-11(17)8-10;1-2-3-4-8(5,6)7;1-2/h2-6,8-9,17H,7H2,1H3,(H2,14,15,16);3-4H,2H2,1H3,(H2,5,6,7);1-2H3/b3-2-;4-3+;. The third kappa shape index (κ3) is 11.6. The summed E-state index contributed by atoms with van der Waals surface area (Å²) >= 11 is 0. The fraction of sp³-hybridized carbons (Fsp3) is 0.316. The minimum Gasteiger partial charge on any atom is -0.508 e. The number of aromatic amines is 1. The maximum absolute atomic E-state index is 10.1. The number of phenolic OH excluding ortho intramolecular Hbond substituents is 1. The first-order valence-corrected chi connectivity index (χ1v) is 10.4. The zero-order chi connectivity index (χ0) is 20.7. The van der Waals surface area contributed by atoms with Gasteiger partial charge in [-0.15, -0.1) is 0 Å². The lowest BCUT2D eigenvalue weighted by atomic mass is 10.1. The molecule has 7 nitrogen and oxygen atoms in total. The summed E-state index contributed by atoms with van der Waals surface area (Å²) < 4.78 is 20.2. The second-order valence-corrected chi connectivity index (χ2v) is 6.49. The summed E-state index contributed by atoms with van der Waals surface area (Å²) in [5.74, 6) is 1.04. The average Bonchev–Trinajstić information content (AvgIpc) is 3.11. The zero-order valence-electron chi connectivity index (χ0n) is 16.3. The number of phenols is 1. The largest absolute Gasteiger partial charge is 0.508 e. The molecule has 1 heterocycles. The van der Waals surface area contributed by atoms with E-state index in [2.05, 4.69) is 20.7 Å². The van der Waals surface area contributed by atoms with E-state index in [1.807, 2.05) is 52.0 Å². The molecule has 8 heteroatoms. The SMILES string of the molecule is C/C=C\CNc1cc(-c2cccc(O)c2)[nH]n1.CC.CC/C=C/S(N)(=O)=O. The maximum Gasteiger partial charge on any atom is 0.230 e. The van der Waals surface area contributed by atoms with Crippen molar-refractivity contribution in [1.29, 1.82) is 0 Å². The highest BCUT2D eigenvalue weighted by atomic mass is 32.2. The summed E-state index contributed by atoms with van der Waals surface area (Å²) in [4.78, 5) is 0. The molecular formula is C19H30N4O3S. The third-order valence-corrected chi connectivity index (χ3v) is 3.47. The number of benzene rings is 1. The van der Waals surface area contributed by atoms with Crippen molar-refractivity contribution in [3.63, 3.8) is 0 Å². The van der Waals surface area contributed by atoms with Crippen molar-refractivity contribution in [2.24, 2.45) is 5.14 Å².